The third kappa shape index (κ3) is 8.74. The van der Waals surface area contributed by atoms with Crippen molar-refractivity contribution in [3.63, 3.8) is 0 Å². The topological polar surface area (TPSA) is 229 Å². The SMILES string of the molecule is COC1CC(OC2C(C)OC(OC3C(C)OC(OC4C(C)OC(O[C@H]5CC[C@@]6(C)C(=CC[C@]7(O)[C@@H]6C[C@@H](O)[C@@]6(C)[C@]7(O)CC[C@@]6(O)C(C)=O)C5)CC4OC)CC3OC)CC2OC)OC(C)C1O. The highest BCUT2D eigenvalue weighted by Crippen LogP contribution is 2.70. The molecule has 0 aromatic heterocycles. The number of aliphatic hydroxyl groups is 5. The summed E-state index contributed by atoms with van der Waals surface area (Å²) in [4.78, 5) is 12.8. The van der Waals surface area contributed by atoms with Gasteiger partial charge in [0.2, 0.25) is 0 Å². The molecule has 4 saturated heterocycles. The molecule has 0 aromatic carbocycles. The molecule has 0 radical (unpaired) electrons. The molecule has 16 unspecified atom stereocenters. The van der Waals surface area contributed by atoms with Crippen molar-refractivity contribution in [1.82, 2.24) is 0 Å². The molecule has 24 atom stereocenters. The maximum atomic E-state index is 12.8. The molecule has 4 aliphatic carbocycles. The zero-order chi connectivity index (χ0) is 48.6. The minimum atomic E-state index is -1.94. The molecule has 8 rings (SSSR count). The summed E-state index contributed by atoms with van der Waals surface area (Å²) < 4.78 is 75.0. The molecular weight excluding hydrogens is 877 g/mol. The summed E-state index contributed by atoms with van der Waals surface area (Å²) in [5.41, 5.74) is -6.52. The van der Waals surface area contributed by atoms with Crippen LogP contribution in [-0.4, -0.2) is 187 Å². The van der Waals surface area contributed by atoms with Crippen LogP contribution < -0.4 is 0 Å². The van der Waals surface area contributed by atoms with E-state index in [1.165, 1.54) is 6.92 Å². The molecule has 8 aliphatic rings. The summed E-state index contributed by atoms with van der Waals surface area (Å²) in [7, 11) is 6.49. The smallest absolute Gasteiger partial charge is 0.162 e. The second kappa shape index (κ2) is 19.6. The predicted molar refractivity (Wildman–Crippen MR) is 236 cm³/mol. The molecule has 5 N–H and O–H groups in total. The predicted octanol–water partition coefficient (Wildman–Crippen LogP) is 2.97. The second-order valence-electron chi connectivity index (χ2n) is 21.5. The first-order valence-corrected chi connectivity index (χ1v) is 24.7. The maximum absolute atomic E-state index is 12.8. The Morgan fingerprint density at radius 3 is 1.54 bits per heavy atom. The van der Waals surface area contributed by atoms with Crippen LogP contribution in [0.5, 0.6) is 0 Å². The van der Waals surface area contributed by atoms with Crippen LogP contribution >= 0.6 is 0 Å². The number of Topliss-reactive ketones (excluding diaryl/α,β-unsaturated/α-hetero) is 1. The number of hydrogen-bond acceptors (Lipinski definition) is 18. The number of hydrogen-bond donors (Lipinski definition) is 5. The van der Waals surface area contributed by atoms with Crippen LogP contribution in [0.15, 0.2) is 11.6 Å². The summed E-state index contributed by atoms with van der Waals surface area (Å²) in [6, 6.07) is 0. The largest absolute Gasteiger partial charge is 0.392 e. The Hall–Kier alpha value is -1.27. The first-order valence-electron chi connectivity index (χ1n) is 24.7. The molecule has 18 heteroatoms. The number of ether oxygens (including phenoxy) is 12. The minimum Gasteiger partial charge on any atom is -0.392 e. The van der Waals surface area contributed by atoms with Crippen molar-refractivity contribution < 1.29 is 87.2 Å². The lowest BCUT2D eigenvalue weighted by Crippen LogP contribution is -2.78. The zero-order valence-corrected chi connectivity index (χ0v) is 41.4. The van der Waals surface area contributed by atoms with Crippen molar-refractivity contribution in [3.05, 3.63) is 11.6 Å². The van der Waals surface area contributed by atoms with Gasteiger partial charge in [-0.15, -0.1) is 0 Å². The highest BCUT2D eigenvalue weighted by molar-refractivity contribution is 5.87. The van der Waals surface area contributed by atoms with E-state index in [9.17, 15) is 30.3 Å². The van der Waals surface area contributed by atoms with Gasteiger partial charge in [-0.25, -0.2) is 0 Å². The van der Waals surface area contributed by atoms with Gasteiger partial charge in [0.1, 0.15) is 41.2 Å². The van der Waals surface area contributed by atoms with E-state index < -0.39 is 126 Å². The number of aliphatic hydroxyl groups excluding tert-OH is 2. The van der Waals surface area contributed by atoms with Crippen LogP contribution in [0.3, 0.4) is 0 Å². The van der Waals surface area contributed by atoms with Crippen LogP contribution in [-0.2, 0) is 61.6 Å². The van der Waals surface area contributed by atoms with E-state index in [2.05, 4.69) is 6.92 Å². The van der Waals surface area contributed by atoms with Crippen molar-refractivity contribution in [1.29, 1.82) is 0 Å². The van der Waals surface area contributed by atoms with Gasteiger partial charge in [0.25, 0.3) is 0 Å². The fourth-order valence-electron chi connectivity index (χ4n) is 13.9. The van der Waals surface area contributed by atoms with Crippen molar-refractivity contribution in [2.75, 3.05) is 28.4 Å². The van der Waals surface area contributed by atoms with Crippen molar-refractivity contribution in [2.45, 2.75) is 247 Å². The highest BCUT2D eigenvalue weighted by atomic mass is 16.8. The van der Waals surface area contributed by atoms with Crippen LogP contribution in [0, 0.1) is 16.7 Å². The third-order valence-electron chi connectivity index (χ3n) is 18.2. The number of fused-ring (bicyclic) bond motifs is 5. The van der Waals surface area contributed by atoms with Crippen molar-refractivity contribution in [3.8, 4) is 0 Å². The van der Waals surface area contributed by atoms with Crippen LogP contribution in [0.1, 0.15) is 119 Å². The monoisotopic (exact) mass is 957 g/mol. The molecular formula is C49H80O18. The quantitative estimate of drug-likeness (QED) is 0.167. The van der Waals surface area contributed by atoms with Gasteiger partial charge >= 0.3 is 0 Å². The number of rotatable bonds is 13. The lowest BCUT2D eigenvalue weighted by atomic mass is 9.42. The standard InChI is InChI=1S/C49H80O18/c1-24-41(52)31(56-8)19-38(60-24)65-43-26(3)62-40(21-33(43)58-10)67-44-27(4)63-39(22-34(44)59-11)66-42-25(2)61-37(20-32(42)57-9)64-30-13-14-45(6)29(18-30)12-15-48(54)35(45)23-36(51)46(7)47(53,28(5)50)16-17-49(46,48)55/h12,24-27,30-44,51-55H,13-23H2,1-11H3/t24?,25?,26?,27?,30-,31?,32?,33?,34?,35+,36+,37?,38?,39?,40?,41?,42?,43?,44?,45-,46+,47+,48-,49+/m0/s1. The molecule has 4 aliphatic heterocycles. The van der Waals surface area contributed by atoms with Gasteiger partial charge in [-0.05, 0) is 85.0 Å². The summed E-state index contributed by atoms with van der Waals surface area (Å²) in [6.45, 7) is 12.5. The van der Waals surface area contributed by atoms with E-state index >= 15 is 0 Å². The van der Waals surface area contributed by atoms with Gasteiger partial charge < -0.3 is 82.4 Å². The molecule has 0 amide bonds. The van der Waals surface area contributed by atoms with E-state index in [0.29, 0.717) is 44.9 Å². The normalized spacial score (nSPS) is 53.6. The van der Waals surface area contributed by atoms with Gasteiger partial charge in [-0.2, -0.15) is 0 Å². The summed E-state index contributed by atoms with van der Waals surface area (Å²) >= 11 is 0. The Morgan fingerprint density at radius 2 is 1.07 bits per heavy atom. The first-order chi connectivity index (χ1) is 31.6. The summed E-state index contributed by atoms with van der Waals surface area (Å²) in [5, 5.41) is 58.7. The number of ketones is 1. The number of carbonyl (C=O) groups excluding carboxylic acids is 1. The molecule has 18 nitrogen and oxygen atoms in total. The average molecular weight is 957 g/mol. The van der Waals surface area contributed by atoms with Crippen molar-refractivity contribution in [2.24, 2.45) is 16.7 Å². The van der Waals surface area contributed by atoms with Gasteiger partial charge in [-0.3, -0.25) is 4.79 Å². The first kappa shape index (κ1) is 52.1. The Morgan fingerprint density at radius 1 is 0.627 bits per heavy atom. The van der Waals surface area contributed by atoms with E-state index in [1.807, 2.05) is 26.8 Å². The molecule has 7 fully saturated rings. The lowest BCUT2D eigenvalue weighted by Gasteiger charge is -2.66. The van der Waals surface area contributed by atoms with E-state index in [-0.39, 0.29) is 50.1 Å². The van der Waals surface area contributed by atoms with Crippen molar-refractivity contribution >= 4 is 5.78 Å². The molecule has 67 heavy (non-hydrogen) atoms. The highest BCUT2D eigenvalue weighted by Gasteiger charge is 2.80. The molecule has 0 bridgehead atoms. The van der Waals surface area contributed by atoms with E-state index in [0.717, 1.165) is 5.57 Å². The molecule has 4 heterocycles. The molecule has 3 saturated carbocycles. The second-order valence-corrected chi connectivity index (χ2v) is 21.5. The molecule has 0 spiro atoms. The fraction of sp³-hybridized carbons (Fsp3) is 0.939. The van der Waals surface area contributed by atoms with Gasteiger partial charge in [-0.1, -0.05) is 25.5 Å². The van der Waals surface area contributed by atoms with Gasteiger partial charge in [0.05, 0.1) is 66.5 Å². The lowest BCUT2D eigenvalue weighted by molar-refractivity contribution is -0.347. The third-order valence-corrected chi connectivity index (χ3v) is 18.2. The summed E-state index contributed by atoms with van der Waals surface area (Å²) in [5.74, 6) is -1.01. The average Bonchev–Trinajstić information content (AvgIpc) is 3.52. The zero-order valence-electron chi connectivity index (χ0n) is 41.4. The molecule has 0 aromatic rings. The molecule has 384 valence electrons. The maximum Gasteiger partial charge on any atom is 0.162 e. The minimum absolute atomic E-state index is 0.00940. The number of methoxy groups -OCH3 is 4. The van der Waals surface area contributed by atoms with Gasteiger partial charge in [0, 0.05) is 60.0 Å². The van der Waals surface area contributed by atoms with E-state index in [1.54, 1.807) is 42.3 Å². The Labute approximate surface area is 395 Å². The van der Waals surface area contributed by atoms with E-state index in [4.69, 9.17) is 56.8 Å². The Kier molecular flexibility index (Phi) is 15.3. The summed E-state index contributed by atoms with van der Waals surface area (Å²) in [6.07, 6.45) is -3.49. The van der Waals surface area contributed by atoms with Gasteiger partial charge in [0.15, 0.2) is 30.9 Å². The van der Waals surface area contributed by atoms with Crippen LogP contribution in [0.25, 0.3) is 0 Å². The van der Waals surface area contributed by atoms with Crippen LogP contribution in [0.2, 0.25) is 0 Å². The Balaban J connectivity index is 0.847. The van der Waals surface area contributed by atoms with Crippen LogP contribution in [0.4, 0.5) is 0 Å². The fourth-order valence-corrected chi connectivity index (χ4v) is 13.9. The Bertz CT molecular complexity index is 1770. The number of carbonyl (C=O) groups is 1.